The van der Waals surface area contributed by atoms with E-state index in [1.165, 1.54) is 12.1 Å². The number of rotatable bonds is 5. The van der Waals surface area contributed by atoms with Crippen molar-refractivity contribution in [2.75, 3.05) is 0 Å². The third-order valence-electron chi connectivity index (χ3n) is 4.42. The number of hydrogen-bond donors (Lipinski definition) is 2. The third-order valence-corrected chi connectivity index (χ3v) is 4.42. The van der Waals surface area contributed by atoms with E-state index in [1.54, 1.807) is 24.8 Å². The minimum Gasteiger partial charge on any atom is -0.354 e. The summed E-state index contributed by atoms with van der Waals surface area (Å²) in [5, 5.41) is 2.85. The Hall–Kier alpha value is -3.55. The fraction of sp³-hybridized carbons (Fsp3) is 0.150. The second-order valence-corrected chi connectivity index (χ2v) is 6.49. The summed E-state index contributed by atoms with van der Waals surface area (Å²) in [6, 6.07) is 9.25. The van der Waals surface area contributed by atoms with Gasteiger partial charge in [-0.1, -0.05) is 6.07 Å². The first-order chi connectivity index (χ1) is 13.6. The fourth-order valence-electron chi connectivity index (χ4n) is 2.99. The molecule has 6 nitrogen and oxygen atoms in total. The van der Waals surface area contributed by atoms with E-state index in [9.17, 15) is 13.6 Å². The van der Waals surface area contributed by atoms with Gasteiger partial charge in [0.05, 0.1) is 6.34 Å². The zero-order valence-electron chi connectivity index (χ0n) is 14.8. The molecule has 142 valence electrons. The van der Waals surface area contributed by atoms with E-state index in [4.69, 9.17) is 0 Å². The van der Waals surface area contributed by atoms with Gasteiger partial charge < -0.3 is 15.2 Å². The minimum atomic E-state index is -0.873. The van der Waals surface area contributed by atoms with Crippen LogP contribution < -0.4 is 5.32 Å². The Bertz CT molecular complexity index is 1030. The van der Waals surface area contributed by atoms with E-state index in [-0.39, 0.29) is 5.91 Å². The predicted octanol–water partition coefficient (Wildman–Crippen LogP) is 3.29. The van der Waals surface area contributed by atoms with E-state index >= 15 is 0 Å². The normalized spacial score (nSPS) is 12.7. The van der Waals surface area contributed by atoms with Crippen molar-refractivity contribution in [2.24, 2.45) is 4.99 Å². The summed E-state index contributed by atoms with van der Waals surface area (Å²) < 4.78 is 26.4. The highest BCUT2D eigenvalue weighted by Crippen LogP contribution is 2.25. The molecule has 0 atom stereocenters. The highest BCUT2D eigenvalue weighted by molar-refractivity contribution is 5.93. The second-order valence-electron chi connectivity index (χ2n) is 6.49. The number of amides is 1. The smallest absolute Gasteiger partial charge is 0.268 e. The molecule has 0 fully saturated rings. The van der Waals surface area contributed by atoms with Crippen LogP contribution in [-0.4, -0.2) is 27.1 Å². The third kappa shape index (κ3) is 3.90. The molecule has 0 spiro atoms. The van der Waals surface area contributed by atoms with Crippen LogP contribution in [0.3, 0.4) is 0 Å². The van der Waals surface area contributed by atoms with E-state index in [0.717, 1.165) is 17.2 Å². The number of aliphatic imine (C=N–C) groups is 1. The summed E-state index contributed by atoms with van der Waals surface area (Å²) in [6.07, 6.45) is 4.97. The Morgan fingerprint density at radius 3 is 2.71 bits per heavy atom. The summed E-state index contributed by atoms with van der Waals surface area (Å²) in [4.78, 5) is 25.5. The molecule has 0 saturated heterocycles. The molecule has 1 aliphatic rings. The average molecular weight is 381 g/mol. The van der Waals surface area contributed by atoms with Crippen molar-refractivity contribution in [2.45, 2.75) is 19.6 Å². The minimum absolute atomic E-state index is 0.228. The number of aromatic nitrogens is 2. The summed E-state index contributed by atoms with van der Waals surface area (Å²) in [7, 11) is 0. The largest absolute Gasteiger partial charge is 0.354 e. The molecule has 0 unspecified atom stereocenters. The lowest BCUT2D eigenvalue weighted by atomic mass is 10.2. The number of nitrogens with one attached hydrogen (secondary N) is 2. The molecule has 0 aliphatic carbocycles. The van der Waals surface area contributed by atoms with Crippen LogP contribution in [0.1, 0.15) is 27.2 Å². The number of H-pyrrole nitrogens is 1. The average Bonchev–Trinajstić information content (AvgIpc) is 3.13. The Balaban J connectivity index is 1.40. The number of carbonyl (C=O) groups excluding carboxylic acids is 1. The number of nitrogens with zero attached hydrogens (tertiary/aromatic N) is 3. The Morgan fingerprint density at radius 1 is 1.11 bits per heavy atom. The lowest BCUT2D eigenvalue weighted by Crippen LogP contribution is -2.23. The maximum absolute atomic E-state index is 13.4. The molecule has 28 heavy (non-hydrogen) atoms. The van der Waals surface area contributed by atoms with Gasteiger partial charge in [0.15, 0.2) is 11.6 Å². The van der Waals surface area contributed by atoms with Crippen molar-refractivity contribution in [3.8, 4) is 0 Å². The van der Waals surface area contributed by atoms with Crippen LogP contribution in [0.4, 0.5) is 14.6 Å². The lowest BCUT2D eigenvalue weighted by molar-refractivity contribution is 0.0946. The topological polar surface area (TPSA) is 73.4 Å². The molecule has 4 rings (SSSR count). The molecular weight excluding hydrogens is 364 g/mol. The molecule has 3 aromatic rings. The molecule has 3 heterocycles. The van der Waals surface area contributed by atoms with Crippen molar-refractivity contribution < 1.29 is 13.6 Å². The maximum Gasteiger partial charge on any atom is 0.268 e. The Morgan fingerprint density at radius 2 is 1.93 bits per heavy atom. The van der Waals surface area contributed by atoms with Crippen LogP contribution in [0.15, 0.2) is 53.8 Å². The number of hydrogen-bond acceptors (Lipinski definition) is 4. The molecule has 2 aromatic heterocycles. The molecular formula is C20H17F2N5O. The fourth-order valence-corrected chi connectivity index (χ4v) is 2.99. The molecule has 0 bridgehead atoms. The zero-order chi connectivity index (χ0) is 19.5. The van der Waals surface area contributed by atoms with Crippen molar-refractivity contribution in [3.05, 3.63) is 82.8 Å². The van der Waals surface area contributed by atoms with Gasteiger partial charge in [-0.25, -0.2) is 13.8 Å². The predicted molar refractivity (Wildman–Crippen MR) is 100.0 cm³/mol. The van der Waals surface area contributed by atoms with E-state index in [0.29, 0.717) is 36.7 Å². The van der Waals surface area contributed by atoms with E-state index < -0.39 is 11.6 Å². The van der Waals surface area contributed by atoms with Gasteiger partial charge in [0.2, 0.25) is 0 Å². The van der Waals surface area contributed by atoms with Crippen LogP contribution in [0.25, 0.3) is 0 Å². The van der Waals surface area contributed by atoms with Gasteiger partial charge in [-0.3, -0.25) is 9.78 Å². The summed E-state index contributed by atoms with van der Waals surface area (Å²) in [5.41, 5.74) is 2.88. The van der Waals surface area contributed by atoms with Gasteiger partial charge >= 0.3 is 0 Å². The SMILES string of the molecule is O=C(NCc1ccncc1)c1cc2c([nH]1)N=CN(Cc1ccc(F)c(F)c1)C2. The van der Waals surface area contributed by atoms with Crippen LogP contribution in [-0.2, 0) is 19.6 Å². The van der Waals surface area contributed by atoms with Gasteiger partial charge in [-0.15, -0.1) is 0 Å². The van der Waals surface area contributed by atoms with Crippen LogP contribution >= 0.6 is 0 Å². The number of aromatic amines is 1. The number of benzene rings is 1. The van der Waals surface area contributed by atoms with Gasteiger partial charge in [-0.2, -0.15) is 0 Å². The Kier molecular flexibility index (Phi) is 4.84. The van der Waals surface area contributed by atoms with Crippen LogP contribution in [0.5, 0.6) is 0 Å². The molecule has 1 aliphatic heterocycles. The Labute approximate surface area is 159 Å². The molecule has 0 saturated carbocycles. The number of pyridine rings is 1. The van der Waals surface area contributed by atoms with Gasteiger partial charge in [0, 0.05) is 37.6 Å². The van der Waals surface area contributed by atoms with Crippen LogP contribution in [0, 0.1) is 11.6 Å². The standard InChI is InChI=1S/C20H17F2N5O/c21-16-2-1-14(7-17(16)22)10-27-11-15-8-18(26-19(15)25-12-27)20(28)24-9-13-3-5-23-6-4-13/h1-8,12,26H,9-11H2,(H,24,28). The molecule has 8 heteroatoms. The number of fused-ring (bicyclic) bond motifs is 1. The van der Waals surface area contributed by atoms with Crippen molar-refractivity contribution in [1.82, 2.24) is 20.2 Å². The van der Waals surface area contributed by atoms with Gasteiger partial charge in [0.25, 0.3) is 5.91 Å². The quantitative estimate of drug-likeness (QED) is 0.712. The summed E-state index contributed by atoms with van der Waals surface area (Å²) in [5.74, 6) is -1.35. The first-order valence-electron chi connectivity index (χ1n) is 8.69. The van der Waals surface area contributed by atoms with Crippen molar-refractivity contribution in [3.63, 3.8) is 0 Å². The molecule has 1 aromatic carbocycles. The summed E-state index contributed by atoms with van der Waals surface area (Å²) in [6.45, 7) is 1.29. The van der Waals surface area contributed by atoms with E-state index in [2.05, 4.69) is 20.3 Å². The highest BCUT2D eigenvalue weighted by Gasteiger charge is 2.18. The monoisotopic (exact) mass is 381 g/mol. The lowest BCUT2D eigenvalue weighted by Gasteiger charge is -2.22. The van der Waals surface area contributed by atoms with E-state index in [1.807, 2.05) is 17.0 Å². The van der Waals surface area contributed by atoms with Crippen molar-refractivity contribution >= 4 is 18.1 Å². The second kappa shape index (κ2) is 7.59. The van der Waals surface area contributed by atoms with Gasteiger partial charge in [-0.05, 0) is 41.5 Å². The molecule has 0 radical (unpaired) electrons. The molecule has 2 N–H and O–H groups in total. The number of carbonyl (C=O) groups is 1. The first-order valence-corrected chi connectivity index (χ1v) is 8.69. The summed E-state index contributed by atoms with van der Waals surface area (Å²) >= 11 is 0. The first kappa shape index (κ1) is 17.8. The number of halogens is 2. The highest BCUT2D eigenvalue weighted by atomic mass is 19.2. The van der Waals surface area contributed by atoms with Crippen LogP contribution in [0.2, 0.25) is 0 Å². The molecule has 1 amide bonds. The van der Waals surface area contributed by atoms with Gasteiger partial charge in [0.1, 0.15) is 11.5 Å². The van der Waals surface area contributed by atoms with Crippen molar-refractivity contribution in [1.29, 1.82) is 0 Å². The maximum atomic E-state index is 13.4. The zero-order valence-corrected chi connectivity index (χ0v) is 14.8.